The summed E-state index contributed by atoms with van der Waals surface area (Å²) < 4.78 is 0. The first-order valence-corrected chi connectivity index (χ1v) is 9.07. The Bertz CT molecular complexity index is 350. The monoisotopic (exact) mass is 282 g/mol. The maximum absolute atomic E-state index is 12.6. The Kier molecular flexibility index (Phi) is 3.82. The van der Waals surface area contributed by atoms with E-state index in [-0.39, 0.29) is 5.54 Å². The number of carbonyl (C=O) groups is 1. The van der Waals surface area contributed by atoms with Crippen LogP contribution in [-0.2, 0) is 4.79 Å². The van der Waals surface area contributed by atoms with Crippen molar-refractivity contribution < 1.29 is 4.79 Å². The van der Waals surface area contributed by atoms with Crippen molar-refractivity contribution >= 4 is 17.7 Å². The van der Waals surface area contributed by atoms with Gasteiger partial charge in [0.25, 0.3) is 0 Å². The van der Waals surface area contributed by atoms with Gasteiger partial charge in [0.15, 0.2) is 0 Å². The van der Waals surface area contributed by atoms with Crippen molar-refractivity contribution in [2.75, 3.05) is 12.8 Å². The van der Waals surface area contributed by atoms with Crippen LogP contribution < -0.4 is 5.32 Å². The fourth-order valence-corrected chi connectivity index (χ4v) is 3.97. The molecule has 3 nitrogen and oxygen atoms in total. The Morgan fingerprint density at radius 2 is 2.11 bits per heavy atom. The molecule has 1 heterocycles. The minimum Gasteiger partial charge on any atom is -0.325 e. The molecule has 2 saturated carbocycles. The Morgan fingerprint density at radius 3 is 2.68 bits per heavy atom. The molecule has 1 spiro atoms. The number of amides is 1. The molecule has 3 fully saturated rings. The minimum absolute atomic E-state index is 0.129. The third kappa shape index (κ3) is 2.54. The van der Waals surface area contributed by atoms with E-state index >= 15 is 0 Å². The van der Waals surface area contributed by atoms with Crippen molar-refractivity contribution in [3.05, 3.63) is 0 Å². The van der Waals surface area contributed by atoms with Gasteiger partial charge in [-0.05, 0) is 44.3 Å². The SMILES string of the molecule is CSC(C)CCN1C(=O)C2(CC2)NC1C1CCCC1. The molecule has 2 atom stereocenters. The molecule has 0 aromatic heterocycles. The van der Waals surface area contributed by atoms with Gasteiger partial charge in [0.05, 0.1) is 11.7 Å². The third-order valence-electron chi connectivity index (χ3n) is 5.21. The molecule has 0 radical (unpaired) electrons. The van der Waals surface area contributed by atoms with E-state index in [9.17, 15) is 4.79 Å². The Labute approximate surface area is 120 Å². The van der Waals surface area contributed by atoms with Gasteiger partial charge in [-0.25, -0.2) is 0 Å². The van der Waals surface area contributed by atoms with Crippen LogP contribution in [0.15, 0.2) is 0 Å². The molecule has 2 unspecified atom stereocenters. The second kappa shape index (κ2) is 5.28. The standard InChI is InChI=1S/C15H26N2OS/c1-11(19-2)7-10-17-13(12-5-3-4-6-12)16-15(8-9-15)14(17)18/h11-13,16H,3-10H2,1-2H3. The van der Waals surface area contributed by atoms with E-state index in [1.165, 1.54) is 25.7 Å². The molecule has 2 aliphatic carbocycles. The maximum atomic E-state index is 12.6. The maximum Gasteiger partial charge on any atom is 0.244 e. The first-order valence-electron chi connectivity index (χ1n) is 7.78. The summed E-state index contributed by atoms with van der Waals surface area (Å²) in [6.45, 7) is 3.20. The Morgan fingerprint density at radius 1 is 1.42 bits per heavy atom. The Balaban J connectivity index is 1.67. The average molecular weight is 282 g/mol. The molecule has 1 aliphatic heterocycles. The highest BCUT2D eigenvalue weighted by Crippen LogP contribution is 2.45. The Hall–Kier alpha value is -0.220. The number of thioether (sulfide) groups is 1. The molecule has 0 aromatic carbocycles. The fraction of sp³-hybridized carbons (Fsp3) is 0.933. The van der Waals surface area contributed by atoms with Gasteiger partial charge < -0.3 is 4.90 Å². The average Bonchev–Trinajstić information content (AvgIpc) is 2.89. The largest absolute Gasteiger partial charge is 0.325 e. The lowest BCUT2D eigenvalue weighted by molar-refractivity contribution is -0.131. The molecule has 1 saturated heterocycles. The number of nitrogens with one attached hydrogen (secondary N) is 1. The highest BCUT2D eigenvalue weighted by atomic mass is 32.2. The van der Waals surface area contributed by atoms with Crippen LogP contribution >= 0.6 is 11.8 Å². The molecular formula is C15H26N2OS. The van der Waals surface area contributed by atoms with Gasteiger partial charge in [-0.3, -0.25) is 10.1 Å². The predicted octanol–water partition coefficient (Wildman–Crippen LogP) is 2.61. The topological polar surface area (TPSA) is 32.3 Å². The van der Waals surface area contributed by atoms with Gasteiger partial charge in [-0.2, -0.15) is 11.8 Å². The molecule has 108 valence electrons. The summed E-state index contributed by atoms with van der Waals surface area (Å²) in [5, 5.41) is 4.34. The summed E-state index contributed by atoms with van der Waals surface area (Å²) in [4.78, 5) is 14.8. The van der Waals surface area contributed by atoms with E-state index in [0.717, 1.165) is 25.8 Å². The van der Waals surface area contributed by atoms with E-state index in [1.807, 2.05) is 11.8 Å². The quantitative estimate of drug-likeness (QED) is 0.841. The molecule has 4 heteroatoms. The normalized spacial score (nSPS) is 31.4. The second-order valence-corrected chi connectivity index (χ2v) is 7.83. The van der Waals surface area contributed by atoms with Crippen LogP contribution in [0.2, 0.25) is 0 Å². The molecule has 19 heavy (non-hydrogen) atoms. The molecule has 0 aromatic rings. The van der Waals surface area contributed by atoms with Gasteiger partial charge >= 0.3 is 0 Å². The lowest BCUT2D eigenvalue weighted by Gasteiger charge is -2.29. The second-order valence-electron chi connectivity index (χ2n) is 6.55. The van der Waals surface area contributed by atoms with Crippen LogP contribution in [0.5, 0.6) is 0 Å². The smallest absolute Gasteiger partial charge is 0.244 e. The van der Waals surface area contributed by atoms with Crippen molar-refractivity contribution in [1.82, 2.24) is 10.2 Å². The van der Waals surface area contributed by atoms with Crippen molar-refractivity contribution in [2.45, 2.75) is 68.8 Å². The summed E-state index contributed by atoms with van der Waals surface area (Å²) in [5.41, 5.74) is -0.129. The summed E-state index contributed by atoms with van der Waals surface area (Å²) in [5.74, 6) is 1.10. The van der Waals surface area contributed by atoms with Crippen molar-refractivity contribution in [3.8, 4) is 0 Å². The summed E-state index contributed by atoms with van der Waals surface area (Å²) in [6, 6.07) is 0. The first-order chi connectivity index (χ1) is 9.16. The van der Waals surface area contributed by atoms with Gasteiger partial charge in [0, 0.05) is 11.8 Å². The lowest BCUT2D eigenvalue weighted by Crippen LogP contribution is -2.43. The number of nitrogens with zero attached hydrogens (tertiary/aromatic N) is 1. The number of hydrogen-bond donors (Lipinski definition) is 1. The molecule has 1 amide bonds. The predicted molar refractivity (Wildman–Crippen MR) is 80.2 cm³/mol. The molecule has 1 N–H and O–H groups in total. The highest BCUT2D eigenvalue weighted by molar-refractivity contribution is 7.99. The highest BCUT2D eigenvalue weighted by Gasteiger charge is 2.60. The van der Waals surface area contributed by atoms with Gasteiger partial charge in [-0.1, -0.05) is 19.8 Å². The van der Waals surface area contributed by atoms with Crippen molar-refractivity contribution in [3.63, 3.8) is 0 Å². The fourth-order valence-electron chi connectivity index (χ4n) is 3.63. The van der Waals surface area contributed by atoms with Crippen LogP contribution in [0.25, 0.3) is 0 Å². The number of hydrogen-bond acceptors (Lipinski definition) is 3. The zero-order valence-corrected chi connectivity index (χ0v) is 13.0. The third-order valence-corrected chi connectivity index (χ3v) is 6.25. The van der Waals surface area contributed by atoms with E-state index in [4.69, 9.17) is 0 Å². The summed E-state index contributed by atoms with van der Waals surface area (Å²) in [6.07, 6.45) is 11.0. The van der Waals surface area contributed by atoms with Crippen molar-refractivity contribution in [2.24, 2.45) is 5.92 Å². The molecule has 0 bridgehead atoms. The van der Waals surface area contributed by atoms with Gasteiger partial charge in [-0.15, -0.1) is 0 Å². The minimum atomic E-state index is -0.129. The van der Waals surface area contributed by atoms with Crippen LogP contribution in [-0.4, -0.2) is 40.6 Å². The van der Waals surface area contributed by atoms with Crippen LogP contribution in [0.3, 0.4) is 0 Å². The molecule has 3 aliphatic rings. The van der Waals surface area contributed by atoms with Gasteiger partial charge in [0.1, 0.15) is 0 Å². The zero-order chi connectivity index (χ0) is 13.5. The summed E-state index contributed by atoms with van der Waals surface area (Å²) in [7, 11) is 0. The van der Waals surface area contributed by atoms with E-state index in [0.29, 0.717) is 23.2 Å². The zero-order valence-electron chi connectivity index (χ0n) is 12.2. The van der Waals surface area contributed by atoms with Crippen LogP contribution in [0.1, 0.15) is 51.9 Å². The van der Waals surface area contributed by atoms with E-state index in [2.05, 4.69) is 23.4 Å². The van der Waals surface area contributed by atoms with Crippen molar-refractivity contribution in [1.29, 1.82) is 0 Å². The van der Waals surface area contributed by atoms with E-state index in [1.54, 1.807) is 0 Å². The van der Waals surface area contributed by atoms with Gasteiger partial charge in [0.2, 0.25) is 5.91 Å². The lowest BCUT2D eigenvalue weighted by atomic mass is 10.0. The molecule has 3 rings (SSSR count). The first kappa shape index (κ1) is 13.7. The van der Waals surface area contributed by atoms with Crippen LogP contribution in [0, 0.1) is 5.92 Å². The number of carbonyl (C=O) groups excluding carboxylic acids is 1. The van der Waals surface area contributed by atoms with Crippen LogP contribution in [0.4, 0.5) is 0 Å². The number of rotatable bonds is 5. The van der Waals surface area contributed by atoms with E-state index < -0.39 is 0 Å². The molecular weight excluding hydrogens is 256 g/mol. The summed E-state index contributed by atoms with van der Waals surface area (Å²) >= 11 is 1.90.